The van der Waals surface area contributed by atoms with Gasteiger partial charge in [-0.25, -0.2) is 9.97 Å². The third kappa shape index (κ3) is 3.16. The zero-order valence-electron chi connectivity index (χ0n) is 15.7. The van der Waals surface area contributed by atoms with Crippen molar-refractivity contribution in [1.29, 1.82) is 0 Å². The number of halogens is 1. The lowest BCUT2D eigenvalue weighted by atomic mass is 9.89. The van der Waals surface area contributed by atoms with Crippen LogP contribution in [0.1, 0.15) is 24.3 Å². The van der Waals surface area contributed by atoms with E-state index in [9.17, 15) is 4.39 Å². The summed E-state index contributed by atoms with van der Waals surface area (Å²) >= 11 is 0. The summed E-state index contributed by atoms with van der Waals surface area (Å²) in [5.74, 6) is 1.22. The van der Waals surface area contributed by atoms with E-state index in [0.717, 1.165) is 48.5 Å². The number of fused-ring (bicyclic) bond motifs is 1. The van der Waals surface area contributed by atoms with E-state index in [2.05, 4.69) is 31.1 Å². The fourth-order valence-corrected chi connectivity index (χ4v) is 4.08. The first-order chi connectivity index (χ1) is 14.2. The number of nitrogens with two attached hydrogens (primary N) is 1. The number of nitrogen functional groups attached to an aromatic ring is 1. The summed E-state index contributed by atoms with van der Waals surface area (Å²) in [7, 11) is 0. The molecule has 0 atom stereocenters. The van der Waals surface area contributed by atoms with Gasteiger partial charge in [-0.3, -0.25) is 4.40 Å². The van der Waals surface area contributed by atoms with Crippen molar-refractivity contribution in [1.82, 2.24) is 24.6 Å². The summed E-state index contributed by atoms with van der Waals surface area (Å²) in [4.78, 5) is 10.7. The summed E-state index contributed by atoms with van der Waals surface area (Å²) in [6.45, 7) is 1.74. The molecule has 5 heterocycles. The minimum atomic E-state index is -0.483. The molecule has 0 aliphatic carbocycles. The van der Waals surface area contributed by atoms with E-state index in [1.807, 2.05) is 28.8 Å². The second-order valence-corrected chi connectivity index (χ2v) is 7.22. The molecule has 0 amide bonds. The van der Waals surface area contributed by atoms with E-state index in [0.29, 0.717) is 11.9 Å². The lowest BCUT2D eigenvalue weighted by molar-refractivity contribution is 0.504. The van der Waals surface area contributed by atoms with Gasteiger partial charge in [0.05, 0.1) is 0 Å². The Morgan fingerprint density at radius 3 is 2.66 bits per heavy atom. The fraction of sp³-hybridized carbons (Fsp3) is 0.238. The first kappa shape index (κ1) is 17.5. The van der Waals surface area contributed by atoms with Gasteiger partial charge in [-0.1, -0.05) is 6.07 Å². The number of piperidine rings is 1. The first-order valence-corrected chi connectivity index (χ1v) is 9.62. The van der Waals surface area contributed by atoms with Crippen LogP contribution in [0.15, 0.2) is 55.0 Å². The van der Waals surface area contributed by atoms with Crippen LogP contribution in [0, 0.1) is 5.95 Å². The molecule has 4 aromatic rings. The molecule has 0 unspecified atom stereocenters. The van der Waals surface area contributed by atoms with Gasteiger partial charge in [-0.15, -0.1) is 10.2 Å². The van der Waals surface area contributed by atoms with Crippen LogP contribution in [0.2, 0.25) is 0 Å². The van der Waals surface area contributed by atoms with E-state index in [4.69, 9.17) is 5.73 Å². The van der Waals surface area contributed by atoms with Crippen LogP contribution < -0.4 is 10.6 Å². The van der Waals surface area contributed by atoms with Crippen molar-refractivity contribution >= 4 is 17.4 Å². The van der Waals surface area contributed by atoms with E-state index in [-0.39, 0.29) is 0 Å². The molecule has 29 heavy (non-hydrogen) atoms. The number of aromatic nitrogens is 5. The molecule has 1 aliphatic rings. The normalized spacial score (nSPS) is 15.1. The summed E-state index contributed by atoms with van der Waals surface area (Å²) in [5.41, 5.74) is 9.74. The molecule has 146 valence electrons. The fourth-order valence-electron chi connectivity index (χ4n) is 4.08. The molecule has 1 fully saturated rings. The van der Waals surface area contributed by atoms with Gasteiger partial charge in [-0.05, 0) is 49.1 Å². The minimum absolute atomic E-state index is 0.387. The van der Waals surface area contributed by atoms with Crippen LogP contribution in [0.25, 0.3) is 16.8 Å². The Kier molecular flexibility index (Phi) is 4.31. The first-order valence-electron chi connectivity index (χ1n) is 9.62. The lowest BCUT2D eigenvalue weighted by Gasteiger charge is -2.34. The van der Waals surface area contributed by atoms with Gasteiger partial charge in [-0.2, -0.15) is 4.39 Å². The molecule has 0 radical (unpaired) electrons. The van der Waals surface area contributed by atoms with E-state index >= 15 is 0 Å². The van der Waals surface area contributed by atoms with Crippen molar-refractivity contribution in [2.75, 3.05) is 23.7 Å². The molecule has 0 spiro atoms. The van der Waals surface area contributed by atoms with Crippen LogP contribution >= 0.6 is 0 Å². The summed E-state index contributed by atoms with van der Waals surface area (Å²) < 4.78 is 15.1. The zero-order valence-corrected chi connectivity index (χ0v) is 15.7. The van der Waals surface area contributed by atoms with E-state index in [1.165, 1.54) is 11.6 Å². The molecule has 7 nitrogen and oxygen atoms in total. The zero-order chi connectivity index (χ0) is 19.8. The average molecular weight is 389 g/mol. The molecule has 5 rings (SSSR count). The topological polar surface area (TPSA) is 85.2 Å². The maximum Gasteiger partial charge on any atom is 0.226 e. The number of nitrogens with zero attached hydrogens (tertiary/aromatic N) is 6. The Bertz CT molecular complexity index is 1150. The standard InChI is InChI=1S/C21H20FN7/c22-18-6-5-15(13-25-18)17-3-1-9-24-19(17)28-11-7-14(8-12-28)16-4-2-10-29-20(16)26-27-21(29)23/h1-6,9-10,13-14H,7-8,11-12H2,(H2,23,27). The van der Waals surface area contributed by atoms with Gasteiger partial charge in [0.1, 0.15) is 5.82 Å². The van der Waals surface area contributed by atoms with Crippen molar-refractivity contribution in [2.24, 2.45) is 0 Å². The largest absolute Gasteiger partial charge is 0.368 e. The predicted molar refractivity (Wildman–Crippen MR) is 109 cm³/mol. The van der Waals surface area contributed by atoms with Gasteiger partial charge >= 0.3 is 0 Å². The Hall–Kier alpha value is -3.55. The van der Waals surface area contributed by atoms with Gasteiger partial charge in [0.2, 0.25) is 11.9 Å². The molecule has 0 aromatic carbocycles. The SMILES string of the molecule is Nc1nnc2c(C3CCN(c4ncccc4-c4ccc(F)nc4)CC3)cccn12. The summed E-state index contributed by atoms with van der Waals surface area (Å²) in [6.07, 6.45) is 7.19. The average Bonchev–Trinajstić information content (AvgIpc) is 3.16. The van der Waals surface area contributed by atoms with Crippen molar-refractivity contribution in [3.63, 3.8) is 0 Å². The molecular formula is C21H20FN7. The highest BCUT2D eigenvalue weighted by molar-refractivity contribution is 5.75. The Morgan fingerprint density at radius 1 is 1.00 bits per heavy atom. The van der Waals surface area contributed by atoms with Crippen LogP contribution in [-0.4, -0.2) is 37.7 Å². The summed E-state index contributed by atoms with van der Waals surface area (Å²) in [5, 5.41) is 8.26. The van der Waals surface area contributed by atoms with Gasteiger partial charge in [0.25, 0.3) is 0 Å². The van der Waals surface area contributed by atoms with E-state index in [1.54, 1.807) is 18.5 Å². The third-order valence-electron chi connectivity index (χ3n) is 5.55. The highest BCUT2D eigenvalue weighted by atomic mass is 19.1. The second kappa shape index (κ2) is 7.12. The smallest absolute Gasteiger partial charge is 0.226 e. The third-order valence-corrected chi connectivity index (χ3v) is 5.55. The molecule has 0 bridgehead atoms. The highest BCUT2D eigenvalue weighted by Crippen LogP contribution is 2.35. The van der Waals surface area contributed by atoms with Crippen LogP contribution in [0.4, 0.5) is 16.2 Å². The van der Waals surface area contributed by atoms with Gasteiger partial charge in [0.15, 0.2) is 5.65 Å². The number of rotatable bonds is 3. The van der Waals surface area contributed by atoms with E-state index < -0.39 is 5.95 Å². The molecule has 0 saturated carbocycles. The molecule has 1 saturated heterocycles. The lowest BCUT2D eigenvalue weighted by Crippen LogP contribution is -2.34. The highest BCUT2D eigenvalue weighted by Gasteiger charge is 2.25. The Morgan fingerprint density at radius 2 is 1.86 bits per heavy atom. The summed E-state index contributed by atoms with van der Waals surface area (Å²) in [6, 6.07) is 11.1. The maximum absolute atomic E-state index is 13.2. The molecule has 4 aromatic heterocycles. The maximum atomic E-state index is 13.2. The minimum Gasteiger partial charge on any atom is -0.368 e. The van der Waals surface area contributed by atoms with Crippen molar-refractivity contribution < 1.29 is 4.39 Å². The number of pyridine rings is 3. The number of hydrogen-bond acceptors (Lipinski definition) is 6. The van der Waals surface area contributed by atoms with Crippen molar-refractivity contribution in [3.05, 3.63) is 66.5 Å². The van der Waals surface area contributed by atoms with Crippen molar-refractivity contribution in [2.45, 2.75) is 18.8 Å². The van der Waals surface area contributed by atoms with Crippen LogP contribution in [0.5, 0.6) is 0 Å². The number of hydrogen-bond donors (Lipinski definition) is 1. The quantitative estimate of drug-likeness (QED) is 0.541. The monoisotopic (exact) mass is 389 g/mol. The second-order valence-electron chi connectivity index (χ2n) is 7.22. The molecule has 8 heteroatoms. The van der Waals surface area contributed by atoms with Crippen molar-refractivity contribution in [3.8, 4) is 11.1 Å². The molecule has 2 N–H and O–H groups in total. The molecule has 1 aliphatic heterocycles. The van der Waals surface area contributed by atoms with Gasteiger partial charge in [0, 0.05) is 48.4 Å². The number of anilines is 2. The van der Waals surface area contributed by atoms with Crippen LogP contribution in [0.3, 0.4) is 0 Å². The predicted octanol–water partition coefficient (Wildman–Crippen LogP) is 3.29. The Balaban J connectivity index is 1.39. The van der Waals surface area contributed by atoms with Gasteiger partial charge < -0.3 is 10.6 Å². The van der Waals surface area contributed by atoms with Crippen LogP contribution in [-0.2, 0) is 0 Å². The molecular weight excluding hydrogens is 369 g/mol. The Labute approximate surface area is 167 Å².